The second-order valence-electron chi connectivity index (χ2n) is 4.94. The maximum absolute atomic E-state index is 9.50. The molecule has 0 radical (unpaired) electrons. The van der Waals surface area contributed by atoms with E-state index in [2.05, 4.69) is 18.8 Å². The van der Waals surface area contributed by atoms with Crippen molar-refractivity contribution in [3.05, 3.63) is 72.3 Å². The van der Waals surface area contributed by atoms with Crippen LogP contribution in [0.1, 0.15) is 24.1 Å². The van der Waals surface area contributed by atoms with Gasteiger partial charge in [0.15, 0.2) is 0 Å². The summed E-state index contributed by atoms with van der Waals surface area (Å²) >= 11 is 0. The Kier molecular flexibility index (Phi) is 5.41. The van der Waals surface area contributed by atoms with Crippen LogP contribution in [0.2, 0.25) is 0 Å². The Bertz CT molecular complexity index is 578. The van der Waals surface area contributed by atoms with Gasteiger partial charge in [-0.15, -0.1) is 0 Å². The van der Waals surface area contributed by atoms with E-state index in [0.717, 1.165) is 17.9 Å². The summed E-state index contributed by atoms with van der Waals surface area (Å²) in [5, 5.41) is 12.9. The van der Waals surface area contributed by atoms with Crippen molar-refractivity contribution in [3.63, 3.8) is 0 Å². The lowest BCUT2D eigenvalue weighted by Gasteiger charge is -2.15. The average Bonchev–Trinajstić information content (AvgIpc) is 2.51. The SMILES string of the molecule is C=CCOc1ccc(CNC(C)c2cccc(O)c2)cc1. The second-order valence-corrected chi connectivity index (χ2v) is 4.94. The largest absolute Gasteiger partial charge is 0.508 e. The molecule has 0 bridgehead atoms. The van der Waals surface area contributed by atoms with Gasteiger partial charge in [-0.05, 0) is 42.3 Å². The van der Waals surface area contributed by atoms with E-state index in [4.69, 9.17) is 4.74 Å². The predicted octanol–water partition coefficient (Wildman–Crippen LogP) is 3.81. The maximum atomic E-state index is 9.50. The van der Waals surface area contributed by atoms with E-state index in [-0.39, 0.29) is 6.04 Å². The van der Waals surface area contributed by atoms with Crippen molar-refractivity contribution in [1.82, 2.24) is 5.32 Å². The lowest BCUT2D eigenvalue weighted by atomic mass is 10.1. The monoisotopic (exact) mass is 283 g/mol. The molecule has 0 spiro atoms. The number of rotatable bonds is 7. The minimum Gasteiger partial charge on any atom is -0.508 e. The van der Waals surface area contributed by atoms with Gasteiger partial charge in [0.1, 0.15) is 18.1 Å². The van der Waals surface area contributed by atoms with Crippen LogP contribution < -0.4 is 10.1 Å². The fraction of sp³-hybridized carbons (Fsp3) is 0.222. The predicted molar refractivity (Wildman–Crippen MR) is 85.5 cm³/mol. The molecule has 0 aromatic heterocycles. The molecule has 3 heteroatoms. The Hall–Kier alpha value is -2.26. The summed E-state index contributed by atoms with van der Waals surface area (Å²) in [6.07, 6.45) is 1.73. The first-order valence-electron chi connectivity index (χ1n) is 7.04. The highest BCUT2D eigenvalue weighted by Gasteiger charge is 2.05. The van der Waals surface area contributed by atoms with Gasteiger partial charge in [-0.1, -0.05) is 36.9 Å². The Morgan fingerprint density at radius 1 is 1.24 bits per heavy atom. The van der Waals surface area contributed by atoms with Gasteiger partial charge in [-0.3, -0.25) is 0 Å². The minimum absolute atomic E-state index is 0.175. The van der Waals surface area contributed by atoms with Gasteiger partial charge in [0.2, 0.25) is 0 Å². The van der Waals surface area contributed by atoms with Crippen molar-refractivity contribution >= 4 is 0 Å². The number of ether oxygens (including phenoxy) is 1. The molecule has 21 heavy (non-hydrogen) atoms. The summed E-state index contributed by atoms with van der Waals surface area (Å²) in [5.41, 5.74) is 2.26. The molecule has 3 nitrogen and oxygen atoms in total. The van der Waals surface area contributed by atoms with Crippen molar-refractivity contribution in [3.8, 4) is 11.5 Å². The van der Waals surface area contributed by atoms with Gasteiger partial charge in [0, 0.05) is 12.6 Å². The van der Waals surface area contributed by atoms with Gasteiger partial charge < -0.3 is 15.2 Å². The van der Waals surface area contributed by atoms with Gasteiger partial charge in [-0.2, -0.15) is 0 Å². The zero-order valence-electron chi connectivity index (χ0n) is 12.3. The number of hydrogen-bond acceptors (Lipinski definition) is 3. The molecule has 2 aromatic carbocycles. The van der Waals surface area contributed by atoms with Gasteiger partial charge in [0.05, 0.1) is 0 Å². The lowest BCUT2D eigenvalue weighted by Crippen LogP contribution is -2.17. The van der Waals surface area contributed by atoms with Crippen LogP contribution in [0.15, 0.2) is 61.2 Å². The maximum Gasteiger partial charge on any atom is 0.119 e. The minimum atomic E-state index is 0.175. The Morgan fingerprint density at radius 2 is 2.00 bits per heavy atom. The molecular weight excluding hydrogens is 262 g/mol. The van der Waals surface area contributed by atoms with E-state index >= 15 is 0 Å². The zero-order chi connectivity index (χ0) is 15.1. The standard InChI is InChI=1S/C18H21NO2/c1-3-11-21-18-9-7-15(8-10-18)13-19-14(2)16-5-4-6-17(20)12-16/h3-10,12,14,19-20H,1,11,13H2,2H3. The molecule has 0 aliphatic heterocycles. The van der Waals surface area contributed by atoms with Crippen LogP contribution in [0.5, 0.6) is 11.5 Å². The quantitative estimate of drug-likeness (QED) is 0.759. The molecule has 1 atom stereocenters. The fourth-order valence-electron chi connectivity index (χ4n) is 2.04. The van der Waals surface area contributed by atoms with E-state index < -0.39 is 0 Å². The van der Waals surface area contributed by atoms with Crippen molar-refractivity contribution < 1.29 is 9.84 Å². The van der Waals surface area contributed by atoms with Crippen molar-refractivity contribution in [1.29, 1.82) is 0 Å². The summed E-state index contributed by atoms with van der Waals surface area (Å²) in [6.45, 7) is 6.99. The number of phenols is 1. The van der Waals surface area contributed by atoms with E-state index in [9.17, 15) is 5.11 Å². The lowest BCUT2D eigenvalue weighted by molar-refractivity contribution is 0.363. The number of nitrogens with one attached hydrogen (secondary N) is 1. The van der Waals surface area contributed by atoms with Crippen LogP contribution >= 0.6 is 0 Å². The molecular formula is C18H21NO2. The van der Waals surface area contributed by atoms with Crippen LogP contribution in [0.4, 0.5) is 0 Å². The summed E-state index contributed by atoms with van der Waals surface area (Å²) in [6, 6.07) is 15.5. The van der Waals surface area contributed by atoms with E-state index in [1.165, 1.54) is 5.56 Å². The first-order valence-corrected chi connectivity index (χ1v) is 7.04. The molecule has 2 N–H and O–H groups in total. The van der Waals surface area contributed by atoms with Crippen molar-refractivity contribution in [2.75, 3.05) is 6.61 Å². The van der Waals surface area contributed by atoms with Crippen LogP contribution in [-0.4, -0.2) is 11.7 Å². The summed E-state index contributed by atoms with van der Waals surface area (Å²) in [7, 11) is 0. The molecule has 0 heterocycles. The van der Waals surface area contributed by atoms with Crippen molar-refractivity contribution in [2.45, 2.75) is 19.5 Å². The van der Waals surface area contributed by atoms with Crippen LogP contribution in [0, 0.1) is 0 Å². The van der Waals surface area contributed by atoms with Gasteiger partial charge in [0.25, 0.3) is 0 Å². The highest BCUT2D eigenvalue weighted by atomic mass is 16.5. The van der Waals surface area contributed by atoms with Crippen LogP contribution in [-0.2, 0) is 6.54 Å². The molecule has 0 aliphatic rings. The van der Waals surface area contributed by atoms with Gasteiger partial charge in [-0.25, -0.2) is 0 Å². The van der Waals surface area contributed by atoms with E-state index in [1.54, 1.807) is 18.2 Å². The third-order valence-electron chi connectivity index (χ3n) is 3.27. The molecule has 1 unspecified atom stereocenters. The number of benzene rings is 2. The molecule has 2 aromatic rings. The first-order chi connectivity index (χ1) is 10.2. The average molecular weight is 283 g/mol. The number of aromatic hydroxyl groups is 1. The highest BCUT2D eigenvalue weighted by molar-refractivity contribution is 5.30. The third-order valence-corrected chi connectivity index (χ3v) is 3.27. The number of phenolic OH excluding ortho intramolecular Hbond substituents is 1. The summed E-state index contributed by atoms with van der Waals surface area (Å²) in [4.78, 5) is 0. The smallest absolute Gasteiger partial charge is 0.119 e. The topological polar surface area (TPSA) is 41.5 Å². The molecule has 0 saturated carbocycles. The Balaban J connectivity index is 1.89. The van der Waals surface area contributed by atoms with Crippen molar-refractivity contribution in [2.24, 2.45) is 0 Å². The molecule has 2 rings (SSSR count). The van der Waals surface area contributed by atoms with Crippen LogP contribution in [0.3, 0.4) is 0 Å². The third kappa shape index (κ3) is 4.65. The molecule has 110 valence electrons. The van der Waals surface area contributed by atoms with Crippen LogP contribution in [0.25, 0.3) is 0 Å². The highest BCUT2D eigenvalue weighted by Crippen LogP contribution is 2.18. The van der Waals surface area contributed by atoms with E-state index in [0.29, 0.717) is 12.4 Å². The summed E-state index contributed by atoms with van der Waals surface area (Å²) in [5.74, 6) is 1.14. The van der Waals surface area contributed by atoms with E-state index in [1.807, 2.05) is 36.4 Å². The molecule has 0 fully saturated rings. The number of hydrogen-bond donors (Lipinski definition) is 2. The Morgan fingerprint density at radius 3 is 2.67 bits per heavy atom. The fourth-order valence-corrected chi connectivity index (χ4v) is 2.04. The summed E-state index contributed by atoms with van der Waals surface area (Å²) < 4.78 is 5.45. The first kappa shape index (κ1) is 15.1. The zero-order valence-corrected chi connectivity index (χ0v) is 12.3. The molecule has 0 amide bonds. The second kappa shape index (κ2) is 7.50. The van der Waals surface area contributed by atoms with Gasteiger partial charge >= 0.3 is 0 Å². The molecule has 0 aliphatic carbocycles. The Labute approximate surface area is 125 Å². The normalized spacial score (nSPS) is 11.9. The molecule has 0 saturated heterocycles.